The molecule has 5 rings (SSSR count). The lowest BCUT2D eigenvalue weighted by Gasteiger charge is -2.41. The van der Waals surface area contributed by atoms with Crippen molar-refractivity contribution in [2.45, 2.75) is 62.5 Å². The number of rotatable bonds is 2. The molecule has 0 bridgehead atoms. The molecule has 2 aromatic rings. The molecule has 31 heavy (non-hydrogen) atoms. The summed E-state index contributed by atoms with van der Waals surface area (Å²) in [4.78, 5) is 26.6. The van der Waals surface area contributed by atoms with E-state index in [0.717, 1.165) is 49.0 Å². The van der Waals surface area contributed by atoms with Gasteiger partial charge in [-0.3, -0.25) is 9.59 Å². The SMILES string of the molecule is Cc1ccc(-c2ccc(F)c(Cl)c2)cc1C1C(=O)NC2(CCC3(CCCO3)CC2)C1=O. The zero-order chi connectivity index (χ0) is 21.8. The first-order valence-electron chi connectivity index (χ1n) is 10.9. The number of carbonyl (C=O) groups excluding carboxylic acids is 2. The molecule has 4 nitrogen and oxygen atoms in total. The van der Waals surface area contributed by atoms with Gasteiger partial charge in [0, 0.05) is 6.61 Å². The highest BCUT2D eigenvalue weighted by Gasteiger charge is 2.57. The third-order valence-corrected chi connectivity index (χ3v) is 7.69. The molecule has 162 valence electrons. The predicted octanol–water partition coefficient (Wildman–Crippen LogP) is 5.10. The molecule has 6 heteroatoms. The molecule has 1 saturated carbocycles. The molecule has 2 spiro atoms. The summed E-state index contributed by atoms with van der Waals surface area (Å²) < 4.78 is 19.6. The normalized spacial score (nSPS) is 30.4. The number of ketones is 1. The molecule has 3 aliphatic rings. The van der Waals surface area contributed by atoms with Crippen LogP contribution in [0.1, 0.15) is 55.6 Å². The van der Waals surface area contributed by atoms with E-state index in [1.54, 1.807) is 12.1 Å². The smallest absolute Gasteiger partial charge is 0.235 e. The standard InChI is InChI=1S/C25H25ClFNO3/c1-15-3-4-16(17-5-6-20(27)19(26)14-17)13-18(15)21-22(29)25(28-23(21)30)10-8-24(9-11-25)7-2-12-31-24/h3-6,13-14,21H,2,7-12H2,1H3,(H,28,30). The Kier molecular flexibility index (Phi) is 4.94. The third-order valence-electron chi connectivity index (χ3n) is 7.40. The van der Waals surface area contributed by atoms with E-state index >= 15 is 0 Å². The Balaban J connectivity index is 1.45. The predicted molar refractivity (Wildman–Crippen MR) is 117 cm³/mol. The lowest BCUT2D eigenvalue weighted by atomic mass is 9.70. The summed E-state index contributed by atoms with van der Waals surface area (Å²) >= 11 is 5.95. The second-order valence-electron chi connectivity index (χ2n) is 9.20. The number of carbonyl (C=O) groups is 2. The van der Waals surface area contributed by atoms with Gasteiger partial charge in [0.1, 0.15) is 11.7 Å². The highest BCUT2D eigenvalue weighted by molar-refractivity contribution is 6.31. The number of Topliss-reactive ketones (excluding diaryl/α,β-unsaturated/α-hetero) is 1. The molecule has 2 aliphatic heterocycles. The van der Waals surface area contributed by atoms with Crippen molar-refractivity contribution in [1.82, 2.24) is 5.32 Å². The van der Waals surface area contributed by atoms with Crippen molar-refractivity contribution < 1.29 is 18.7 Å². The number of hydrogen-bond donors (Lipinski definition) is 1. The van der Waals surface area contributed by atoms with Gasteiger partial charge in [0.25, 0.3) is 0 Å². The van der Waals surface area contributed by atoms with Gasteiger partial charge in [0.05, 0.1) is 16.2 Å². The number of nitrogens with one attached hydrogen (secondary N) is 1. The number of aryl methyl sites for hydroxylation is 1. The summed E-state index contributed by atoms with van der Waals surface area (Å²) in [5.74, 6) is -1.57. The van der Waals surface area contributed by atoms with Crippen LogP contribution in [-0.2, 0) is 14.3 Å². The Morgan fingerprint density at radius 1 is 1.03 bits per heavy atom. The van der Waals surface area contributed by atoms with Crippen LogP contribution in [0.3, 0.4) is 0 Å². The van der Waals surface area contributed by atoms with Gasteiger partial charge in [0.2, 0.25) is 5.91 Å². The van der Waals surface area contributed by atoms with E-state index in [9.17, 15) is 14.0 Å². The molecule has 2 heterocycles. The van der Waals surface area contributed by atoms with Crippen LogP contribution in [0.5, 0.6) is 0 Å². The average Bonchev–Trinajstić information content (AvgIpc) is 3.30. The minimum absolute atomic E-state index is 0.0391. The number of hydrogen-bond acceptors (Lipinski definition) is 3. The van der Waals surface area contributed by atoms with Gasteiger partial charge in [-0.15, -0.1) is 0 Å². The van der Waals surface area contributed by atoms with Crippen LogP contribution in [0.25, 0.3) is 11.1 Å². The molecule has 1 atom stereocenters. The van der Waals surface area contributed by atoms with Crippen LogP contribution in [0.15, 0.2) is 36.4 Å². The first-order chi connectivity index (χ1) is 14.8. The Morgan fingerprint density at radius 3 is 2.42 bits per heavy atom. The maximum atomic E-state index is 13.6. The van der Waals surface area contributed by atoms with Crippen molar-refractivity contribution in [3.05, 3.63) is 58.4 Å². The third kappa shape index (κ3) is 3.39. The van der Waals surface area contributed by atoms with Crippen LogP contribution >= 0.6 is 11.6 Å². The molecule has 0 aromatic heterocycles. The van der Waals surface area contributed by atoms with Crippen LogP contribution in [0.4, 0.5) is 4.39 Å². The molecule has 2 saturated heterocycles. The second-order valence-corrected chi connectivity index (χ2v) is 9.61. The zero-order valence-corrected chi connectivity index (χ0v) is 18.2. The minimum atomic E-state index is -0.825. The van der Waals surface area contributed by atoms with Gasteiger partial charge in [-0.25, -0.2) is 4.39 Å². The van der Waals surface area contributed by atoms with Crippen LogP contribution in [-0.4, -0.2) is 29.4 Å². The van der Waals surface area contributed by atoms with Gasteiger partial charge in [-0.1, -0.05) is 29.8 Å². The monoisotopic (exact) mass is 441 g/mol. The van der Waals surface area contributed by atoms with Crippen molar-refractivity contribution in [3.8, 4) is 11.1 Å². The molecule has 2 aromatic carbocycles. The van der Waals surface area contributed by atoms with E-state index in [4.69, 9.17) is 16.3 Å². The van der Waals surface area contributed by atoms with Crippen molar-refractivity contribution in [1.29, 1.82) is 0 Å². The first-order valence-corrected chi connectivity index (χ1v) is 11.3. The number of ether oxygens (including phenoxy) is 1. The maximum Gasteiger partial charge on any atom is 0.235 e. The van der Waals surface area contributed by atoms with E-state index in [1.165, 1.54) is 6.07 Å². The molecule has 0 radical (unpaired) electrons. The fourth-order valence-electron chi connectivity index (χ4n) is 5.51. The van der Waals surface area contributed by atoms with Gasteiger partial charge in [-0.05, 0) is 85.9 Å². The lowest BCUT2D eigenvalue weighted by Crippen LogP contribution is -2.52. The number of halogens is 2. The van der Waals surface area contributed by atoms with E-state index in [0.29, 0.717) is 18.4 Å². The topological polar surface area (TPSA) is 55.4 Å². The maximum absolute atomic E-state index is 13.6. The van der Waals surface area contributed by atoms with E-state index in [2.05, 4.69) is 5.32 Å². The second kappa shape index (κ2) is 7.42. The molecule has 1 aliphatic carbocycles. The van der Waals surface area contributed by atoms with Crippen molar-refractivity contribution in [3.63, 3.8) is 0 Å². The zero-order valence-electron chi connectivity index (χ0n) is 17.5. The quantitative estimate of drug-likeness (QED) is 0.660. The fourth-order valence-corrected chi connectivity index (χ4v) is 5.69. The highest BCUT2D eigenvalue weighted by atomic mass is 35.5. The summed E-state index contributed by atoms with van der Waals surface area (Å²) in [6, 6.07) is 10.2. The Hall–Kier alpha value is -2.24. The van der Waals surface area contributed by atoms with Gasteiger partial charge >= 0.3 is 0 Å². The first kappa shape index (κ1) is 20.7. The van der Waals surface area contributed by atoms with Crippen molar-refractivity contribution >= 4 is 23.3 Å². The highest BCUT2D eigenvalue weighted by Crippen LogP contribution is 2.47. The van der Waals surface area contributed by atoms with Crippen molar-refractivity contribution in [2.75, 3.05) is 6.61 Å². The lowest BCUT2D eigenvalue weighted by molar-refractivity contribution is -0.127. The van der Waals surface area contributed by atoms with E-state index in [1.807, 2.05) is 25.1 Å². The largest absolute Gasteiger partial charge is 0.375 e. The van der Waals surface area contributed by atoms with Crippen molar-refractivity contribution in [2.24, 2.45) is 0 Å². The minimum Gasteiger partial charge on any atom is -0.375 e. The van der Waals surface area contributed by atoms with E-state index < -0.39 is 17.3 Å². The van der Waals surface area contributed by atoms with E-state index in [-0.39, 0.29) is 22.3 Å². The van der Waals surface area contributed by atoms with Gasteiger partial charge in [0.15, 0.2) is 5.78 Å². The summed E-state index contributed by atoms with van der Waals surface area (Å²) in [7, 11) is 0. The van der Waals surface area contributed by atoms with Crippen LogP contribution < -0.4 is 5.32 Å². The number of benzene rings is 2. The van der Waals surface area contributed by atoms with Gasteiger partial charge < -0.3 is 10.1 Å². The molecular weight excluding hydrogens is 417 g/mol. The molecule has 3 fully saturated rings. The molecule has 1 unspecified atom stereocenters. The summed E-state index contributed by atoms with van der Waals surface area (Å²) in [5.41, 5.74) is 2.23. The van der Waals surface area contributed by atoms with Gasteiger partial charge in [-0.2, -0.15) is 0 Å². The fraction of sp³-hybridized carbons (Fsp3) is 0.440. The molecular formula is C25H25ClFNO3. The number of amides is 1. The van der Waals surface area contributed by atoms with Crippen LogP contribution in [0.2, 0.25) is 5.02 Å². The summed E-state index contributed by atoms with van der Waals surface area (Å²) in [5, 5.41) is 3.10. The average molecular weight is 442 g/mol. The Bertz CT molecular complexity index is 1070. The Morgan fingerprint density at radius 2 is 1.74 bits per heavy atom. The molecule has 1 amide bonds. The molecule has 1 N–H and O–H groups in total. The Labute approximate surface area is 186 Å². The summed E-state index contributed by atoms with van der Waals surface area (Å²) in [6.45, 7) is 2.69. The summed E-state index contributed by atoms with van der Waals surface area (Å²) in [6.07, 6.45) is 4.96. The van der Waals surface area contributed by atoms with Crippen LogP contribution in [0, 0.1) is 12.7 Å².